The van der Waals surface area contributed by atoms with E-state index >= 15 is 0 Å². The molecule has 1 aromatic carbocycles. The summed E-state index contributed by atoms with van der Waals surface area (Å²) in [5, 5.41) is 7.70. The van der Waals surface area contributed by atoms with Crippen LogP contribution in [0, 0.1) is 0 Å². The molecule has 6 heteroatoms. The highest BCUT2D eigenvalue weighted by atomic mass is 16.5. The van der Waals surface area contributed by atoms with Crippen molar-refractivity contribution in [3.8, 4) is 16.9 Å². The van der Waals surface area contributed by atoms with Gasteiger partial charge in [0, 0.05) is 26.0 Å². The lowest BCUT2D eigenvalue weighted by Gasteiger charge is -2.20. The van der Waals surface area contributed by atoms with E-state index in [9.17, 15) is 0 Å². The normalized spacial score (nSPS) is 19.6. The van der Waals surface area contributed by atoms with Gasteiger partial charge in [-0.05, 0) is 28.8 Å². The van der Waals surface area contributed by atoms with E-state index in [1.807, 2.05) is 25.5 Å². The average Bonchev–Trinajstić information content (AvgIpc) is 3.30. The second kappa shape index (κ2) is 7.68. The maximum atomic E-state index is 6.01. The molecule has 134 valence electrons. The molecule has 1 N–H and O–H groups in total. The van der Waals surface area contributed by atoms with Crippen molar-refractivity contribution < 1.29 is 9.47 Å². The van der Waals surface area contributed by atoms with Crippen molar-refractivity contribution in [2.75, 3.05) is 13.2 Å². The quantitative estimate of drug-likeness (QED) is 0.740. The van der Waals surface area contributed by atoms with Crippen LogP contribution in [0.1, 0.15) is 5.56 Å². The van der Waals surface area contributed by atoms with Crippen LogP contribution in [0.15, 0.2) is 61.2 Å². The molecule has 3 heterocycles. The highest BCUT2D eigenvalue weighted by molar-refractivity contribution is 5.62. The predicted molar refractivity (Wildman–Crippen MR) is 98.7 cm³/mol. The molecule has 0 spiro atoms. The Morgan fingerprint density at radius 1 is 1.19 bits per heavy atom. The van der Waals surface area contributed by atoms with Crippen LogP contribution in [0.4, 0.5) is 0 Å². The van der Waals surface area contributed by atoms with Gasteiger partial charge in [0.25, 0.3) is 0 Å². The molecule has 4 rings (SSSR count). The summed E-state index contributed by atoms with van der Waals surface area (Å²) in [6.45, 7) is 1.99. The van der Waals surface area contributed by atoms with Crippen LogP contribution in [-0.2, 0) is 18.3 Å². The predicted octanol–water partition coefficient (Wildman–Crippen LogP) is 2.42. The van der Waals surface area contributed by atoms with Crippen molar-refractivity contribution in [1.29, 1.82) is 0 Å². The maximum Gasteiger partial charge on any atom is 0.157 e. The van der Waals surface area contributed by atoms with Gasteiger partial charge in [0.15, 0.2) is 5.75 Å². The van der Waals surface area contributed by atoms with E-state index in [-0.39, 0.29) is 12.1 Å². The maximum absolute atomic E-state index is 6.01. The molecule has 0 unspecified atom stereocenters. The first kappa shape index (κ1) is 16.8. The lowest BCUT2D eigenvalue weighted by molar-refractivity contribution is 0.139. The minimum atomic E-state index is -0.0132. The minimum Gasteiger partial charge on any atom is -0.483 e. The Morgan fingerprint density at radius 3 is 2.92 bits per heavy atom. The first-order valence-corrected chi connectivity index (χ1v) is 8.74. The van der Waals surface area contributed by atoms with Crippen LogP contribution in [0.2, 0.25) is 0 Å². The van der Waals surface area contributed by atoms with E-state index in [1.54, 1.807) is 17.1 Å². The monoisotopic (exact) mass is 350 g/mol. The molecule has 1 aliphatic heterocycles. The van der Waals surface area contributed by atoms with Gasteiger partial charge in [-0.1, -0.05) is 24.3 Å². The van der Waals surface area contributed by atoms with Crippen molar-refractivity contribution in [2.24, 2.45) is 7.05 Å². The number of ether oxygens (including phenoxy) is 2. The zero-order valence-electron chi connectivity index (χ0n) is 14.7. The Labute approximate surface area is 152 Å². The van der Waals surface area contributed by atoms with Gasteiger partial charge >= 0.3 is 0 Å². The van der Waals surface area contributed by atoms with E-state index in [4.69, 9.17) is 9.47 Å². The van der Waals surface area contributed by atoms with Crippen LogP contribution in [0.5, 0.6) is 5.75 Å². The first-order chi connectivity index (χ1) is 12.8. The third-order valence-corrected chi connectivity index (χ3v) is 4.49. The second-order valence-electron chi connectivity index (χ2n) is 6.47. The molecule has 0 radical (unpaired) electrons. The molecule has 0 saturated carbocycles. The number of hydrogen-bond donors (Lipinski definition) is 1. The van der Waals surface area contributed by atoms with Gasteiger partial charge in [-0.15, -0.1) is 0 Å². The fraction of sp³-hybridized carbons (Fsp3) is 0.300. The van der Waals surface area contributed by atoms with Crippen molar-refractivity contribution >= 4 is 0 Å². The van der Waals surface area contributed by atoms with E-state index < -0.39 is 0 Å². The van der Waals surface area contributed by atoms with Crippen LogP contribution in [0.3, 0.4) is 0 Å². The Bertz CT molecular complexity index is 850. The summed E-state index contributed by atoms with van der Waals surface area (Å²) in [6, 6.07) is 12.7. The van der Waals surface area contributed by atoms with Crippen molar-refractivity contribution in [1.82, 2.24) is 20.1 Å². The lowest BCUT2D eigenvalue weighted by Crippen LogP contribution is -2.41. The van der Waals surface area contributed by atoms with Crippen molar-refractivity contribution in [2.45, 2.75) is 18.7 Å². The van der Waals surface area contributed by atoms with Crippen LogP contribution < -0.4 is 10.1 Å². The van der Waals surface area contributed by atoms with Gasteiger partial charge < -0.3 is 14.8 Å². The fourth-order valence-electron chi connectivity index (χ4n) is 3.12. The number of pyridine rings is 1. The smallest absolute Gasteiger partial charge is 0.157 e. The zero-order valence-corrected chi connectivity index (χ0v) is 14.7. The third-order valence-electron chi connectivity index (χ3n) is 4.49. The van der Waals surface area contributed by atoms with E-state index in [2.05, 4.69) is 45.7 Å². The fourth-order valence-corrected chi connectivity index (χ4v) is 3.12. The largest absolute Gasteiger partial charge is 0.483 e. The summed E-state index contributed by atoms with van der Waals surface area (Å²) in [5.41, 5.74) is 3.51. The average molecular weight is 350 g/mol. The molecule has 0 aliphatic carbocycles. The highest BCUT2D eigenvalue weighted by Gasteiger charge is 2.30. The number of rotatable bonds is 6. The highest BCUT2D eigenvalue weighted by Crippen LogP contribution is 2.20. The Balaban J connectivity index is 1.39. The van der Waals surface area contributed by atoms with Crippen LogP contribution in [0.25, 0.3) is 11.1 Å². The summed E-state index contributed by atoms with van der Waals surface area (Å²) in [6.07, 6.45) is 7.26. The number of aryl methyl sites for hydroxylation is 1. The topological polar surface area (TPSA) is 61.2 Å². The Morgan fingerprint density at radius 2 is 2.12 bits per heavy atom. The molecule has 26 heavy (non-hydrogen) atoms. The number of nitrogens with zero attached hydrogens (tertiary/aromatic N) is 3. The van der Waals surface area contributed by atoms with E-state index in [1.165, 1.54) is 11.1 Å². The molecule has 0 amide bonds. The lowest BCUT2D eigenvalue weighted by atomic mass is 10.0. The van der Waals surface area contributed by atoms with Crippen LogP contribution >= 0.6 is 0 Å². The molecule has 1 aliphatic rings. The van der Waals surface area contributed by atoms with Crippen LogP contribution in [-0.4, -0.2) is 40.1 Å². The summed E-state index contributed by atoms with van der Waals surface area (Å²) >= 11 is 0. The summed E-state index contributed by atoms with van der Waals surface area (Å²) in [7, 11) is 1.88. The standard InChI is InChI=1S/C20H22N4O2/c1-24-12-18(11-23-24)26-20-14-25-13-19(20)22-9-15-4-2-5-16(8-15)17-6-3-7-21-10-17/h2-8,10-12,19-20,22H,9,13-14H2,1H3/t19-,20+/m0/s1. The minimum absolute atomic E-state index is 0.0132. The molecule has 3 aromatic rings. The molecule has 2 atom stereocenters. The van der Waals surface area contributed by atoms with Crippen molar-refractivity contribution in [3.05, 3.63) is 66.7 Å². The summed E-state index contributed by atoms with van der Waals surface area (Å²) in [5.74, 6) is 0.772. The molecule has 1 saturated heterocycles. The van der Waals surface area contributed by atoms with Gasteiger partial charge in [0.05, 0.1) is 31.6 Å². The SMILES string of the molecule is Cn1cc(O[C@@H]2COC[C@@H]2NCc2cccc(-c3cccnc3)c2)cn1. The van der Waals surface area contributed by atoms with E-state index in [0.717, 1.165) is 17.9 Å². The third kappa shape index (κ3) is 3.92. The molecular weight excluding hydrogens is 328 g/mol. The Kier molecular flexibility index (Phi) is 4.95. The first-order valence-electron chi connectivity index (χ1n) is 8.74. The number of hydrogen-bond acceptors (Lipinski definition) is 5. The summed E-state index contributed by atoms with van der Waals surface area (Å²) < 4.78 is 13.4. The zero-order chi connectivity index (χ0) is 17.8. The van der Waals surface area contributed by atoms with Crippen molar-refractivity contribution in [3.63, 3.8) is 0 Å². The Hall–Kier alpha value is -2.70. The molecule has 0 bridgehead atoms. The number of benzene rings is 1. The van der Waals surface area contributed by atoms with E-state index in [0.29, 0.717) is 13.2 Å². The van der Waals surface area contributed by atoms with Gasteiger partial charge in [-0.2, -0.15) is 5.10 Å². The number of nitrogens with one attached hydrogen (secondary N) is 1. The van der Waals surface area contributed by atoms with Gasteiger partial charge in [-0.3, -0.25) is 9.67 Å². The van der Waals surface area contributed by atoms with Gasteiger partial charge in [0.2, 0.25) is 0 Å². The second-order valence-corrected chi connectivity index (χ2v) is 6.47. The molecule has 1 fully saturated rings. The molecule has 6 nitrogen and oxygen atoms in total. The molecular formula is C20H22N4O2. The number of aromatic nitrogens is 3. The van der Waals surface area contributed by atoms with Gasteiger partial charge in [0.1, 0.15) is 6.10 Å². The summed E-state index contributed by atoms with van der Waals surface area (Å²) in [4.78, 5) is 4.20. The molecule has 2 aromatic heterocycles. The van der Waals surface area contributed by atoms with Gasteiger partial charge in [-0.25, -0.2) is 0 Å².